The molecule has 1 aromatic heterocycles. The van der Waals surface area contributed by atoms with E-state index in [-0.39, 0.29) is 0 Å². The molecule has 1 aromatic carbocycles. The molecular weight excluding hydrogens is 232 g/mol. The van der Waals surface area contributed by atoms with Gasteiger partial charge in [-0.2, -0.15) is 0 Å². The molecule has 0 radical (unpaired) electrons. The van der Waals surface area contributed by atoms with Crippen molar-refractivity contribution < 1.29 is 4.74 Å². The van der Waals surface area contributed by atoms with Crippen LogP contribution in [0.3, 0.4) is 0 Å². The molecule has 90 valence electrons. The van der Waals surface area contributed by atoms with Crippen LogP contribution in [0.5, 0.6) is 5.75 Å². The van der Waals surface area contributed by atoms with Crippen LogP contribution in [0.1, 0.15) is 16.3 Å². The molecule has 2 rings (SSSR count). The van der Waals surface area contributed by atoms with Crippen LogP contribution < -0.4 is 10.1 Å². The van der Waals surface area contributed by atoms with Gasteiger partial charge >= 0.3 is 0 Å². The summed E-state index contributed by atoms with van der Waals surface area (Å²) >= 11 is 1.71. The van der Waals surface area contributed by atoms with Crippen LogP contribution in [0, 0.1) is 0 Å². The highest BCUT2D eigenvalue weighted by Gasteiger charge is 2.03. The first-order valence-corrected chi connectivity index (χ1v) is 6.40. The van der Waals surface area contributed by atoms with Gasteiger partial charge in [0.25, 0.3) is 0 Å². The molecular formula is C13H16N2OS. The number of methoxy groups -OCH3 is 1. The van der Waals surface area contributed by atoms with Crippen molar-refractivity contribution in [2.45, 2.75) is 13.0 Å². The molecule has 2 aromatic rings. The van der Waals surface area contributed by atoms with Gasteiger partial charge in [0, 0.05) is 18.3 Å². The molecule has 0 bridgehead atoms. The summed E-state index contributed by atoms with van der Waals surface area (Å²) in [6.07, 6.45) is 0.867. The van der Waals surface area contributed by atoms with E-state index >= 15 is 0 Å². The Hall–Kier alpha value is -1.39. The van der Waals surface area contributed by atoms with Crippen molar-refractivity contribution in [3.8, 4) is 5.75 Å². The summed E-state index contributed by atoms with van der Waals surface area (Å²) in [6, 6.07) is 8.12. The predicted octanol–water partition coefficient (Wildman–Crippen LogP) is 2.46. The van der Waals surface area contributed by atoms with Crippen LogP contribution in [-0.4, -0.2) is 19.1 Å². The number of ether oxygens (including phenoxy) is 1. The number of rotatable bonds is 5. The van der Waals surface area contributed by atoms with Gasteiger partial charge in [0.05, 0.1) is 17.8 Å². The molecule has 0 unspecified atom stereocenters. The van der Waals surface area contributed by atoms with Crippen LogP contribution in [0.15, 0.2) is 29.6 Å². The van der Waals surface area contributed by atoms with Crippen molar-refractivity contribution in [3.05, 3.63) is 45.9 Å². The summed E-state index contributed by atoms with van der Waals surface area (Å²) in [5.41, 5.74) is 2.34. The van der Waals surface area contributed by atoms with E-state index in [4.69, 9.17) is 4.74 Å². The molecule has 0 atom stereocenters. The SMILES string of the molecule is CNCc1csc(Cc2cccc(OC)c2)n1. The molecule has 17 heavy (non-hydrogen) atoms. The van der Waals surface area contributed by atoms with Crippen molar-refractivity contribution in [2.75, 3.05) is 14.2 Å². The number of hydrogen-bond donors (Lipinski definition) is 1. The topological polar surface area (TPSA) is 34.1 Å². The van der Waals surface area contributed by atoms with Crippen molar-refractivity contribution in [1.29, 1.82) is 0 Å². The lowest BCUT2D eigenvalue weighted by atomic mass is 10.1. The smallest absolute Gasteiger partial charge is 0.119 e. The minimum Gasteiger partial charge on any atom is -0.497 e. The van der Waals surface area contributed by atoms with Gasteiger partial charge in [-0.1, -0.05) is 12.1 Å². The van der Waals surface area contributed by atoms with Crippen LogP contribution in [0.2, 0.25) is 0 Å². The molecule has 1 N–H and O–H groups in total. The zero-order valence-corrected chi connectivity index (χ0v) is 10.9. The molecule has 0 aliphatic carbocycles. The Morgan fingerprint density at radius 3 is 3.06 bits per heavy atom. The summed E-state index contributed by atoms with van der Waals surface area (Å²) in [4.78, 5) is 4.57. The molecule has 3 nitrogen and oxygen atoms in total. The number of nitrogens with zero attached hydrogens (tertiary/aromatic N) is 1. The monoisotopic (exact) mass is 248 g/mol. The van der Waals surface area contributed by atoms with E-state index in [1.165, 1.54) is 5.56 Å². The molecule has 0 aliphatic heterocycles. The zero-order chi connectivity index (χ0) is 12.1. The minimum absolute atomic E-state index is 0.828. The maximum absolute atomic E-state index is 5.21. The van der Waals surface area contributed by atoms with Gasteiger partial charge in [-0.05, 0) is 24.7 Å². The Labute approximate surface area is 105 Å². The minimum atomic E-state index is 0.828. The number of thiazole rings is 1. The Kier molecular flexibility index (Phi) is 4.12. The standard InChI is InChI=1S/C13H16N2OS/c1-14-8-11-9-17-13(15-11)7-10-4-3-5-12(6-10)16-2/h3-6,9,14H,7-8H2,1-2H3. The van der Waals surface area contributed by atoms with Crippen LogP contribution >= 0.6 is 11.3 Å². The molecule has 0 saturated carbocycles. The van der Waals surface area contributed by atoms with E-state index in [0.29, 0.717) is 0 Å². The molecule has 0 aliphatic rings. The largest absolute Gasteiger partial charge is 0.497 e. The van der Waals surface area contributed by atoms with Gasteiger partial charge < -0.3 is 10.1 Å². The third-order valence-electron chi connectivity index (χ3n) is 2.45. The highest BCUT2D eigenvalue weighted by molar-refractivity contribution is 7.09. The predicted molar refractivity (Wildman–Crippen MR) is 70.7 cm³/mol. The van der Waals surface area contributed by atoms with Gasteiger partial charge in [0.2, 0.25) is 0 Å². The summed E-state index contributed by atoms with van der Waals surface area (Å²) < 4.78 is 5.21. The van der Waals surface area contributed by atoms with E-state index in [2.05, 4.69) is 27.8 Å². The van der Waals surface area contributed by atoms with Gasteiger partial charge in [0.1, 0.15) is 5.75 Å². The van der Waals surface area contributed by atoms with Crippen LogP contribution in [0.4, 0.5) is 0 Å². The molecule has 0 saturated heterocycles. The molecule has 1 heterocycles. The number of hydrogen-bond acceptors (Lipinski definition) is 4. The second kappa shape index (κ2) is 5.80. The lowest BCUT2D eigenvalue weighted by molar-refractivity contribution is 0.414. The Balaban J connectivity index is 2.08. The summed E-state index contributed by atoms with van der Waals surface area (Å²) in [7, 11) is 3.62. The average molecular weight is 248 g/mol. The Bertz CT molecular complexity index is 482. The highest BCUT2D eigenvalue weighted by Crippen LogP contribution is 2.18. The van der Waals surface area contributed by atoms with Crippen molar-refractivity contribution in [2.24, 2.45) is 0 Å². The molecule has 0 fully saturated rings. The quantitative estimate of drug-likeness (QED) is 0.882. The third-order valence-corrected chi connectivity index (χ3v) is 3.34. The van der Waals surface area contributed by atoms with E-state index in [1.807, 2.05) is 19.2 Å². The number of nitrogens with one attached hydrogen (secondary N) is 1. The van der Waals surface area contributed by atoms with Gasteiger partial charge in [0.15, 0.2) is 0 Å². The van der Waals surface area contributed by atoms with E-state index in [9.17, 15) is 0 Å². The zero-order valence-electron chi connectivity index (χ0n) is 10.1. The third kappa shape index (κ3) is 3.28. The fraction of sp³-hybridized carbons (Fsp3) is 0.308. The first-order chi connectivity index (χ1) is 8.31. The van der Waals surface area contributed by atoms with E-state index in [0.717, 1.165) is 29.4 Å². The lowest BCUT2D eigenvalue weighted by Gasteiger charge is -2.02. The number of aromatic nitrogens is 1. The first-order valence-electron chi connectivity index (χ1n) is 5.52. The summed E-state index contributed by atoms with van der Waals surface area (Å²) in [5, 5.41) is 6.35. The van der Waals surface area contributed by atoms with E-state index in [1.54, 1.807) is 18.4 Å². The second-order valence-electron chi connectivity index (χ2n) is 3.79. The number of benzene rings is 1. The van der Waals surface area contributed by atoms with Gasteiger partial charge in [-0.25, -0.2) is 4.98 Å². The highest BCUT2D eigenvalue weighted by atomic mass is 32.1. The van der Waals surface area contributed by atoms with Gasteiger partial charge in [-0.3, -0.25) is 0 Å². The maximum atomic E-state index is 5.21. The fourth-order valence-corrected chi connectivity index (χ4v) is 2.48. The molecule has 0 spiro atoms. The van der Waals surface area contributed by atoms with Gasteiger partial charge in [-0.15, -0.1) is 11.3 Å². The average Bonchev–Trinajstić information content (AvgIpc) is 2.77. The van der Waals surface area contributed by atoms with Crippen molar-refractivity contribution in [1.82, 2.24) is 10.3 Å². The van der Waals surface area contributed by atoms with Crippen molar-refractivity contribution >= 4 is 11.3 Å². The van der Waals surface area contributed by atoms with Crippen LogP contribution in [0.25, 0.3) is 0 Å². The maximum Gasteiger partial charge on any atom is 0.119 e. The van der Waals surface area contributed by atoms with Crippen molar-refractivity contribution in [3.63, 3.8) is 0 Å². The first kappa shape index (κ1) is 12.1. The Morgan fingerprint density at radius 2 is 2.29 bits per heavy atom. The van der Waals surface area contributed by atoms with Crippen LogP contribution in [-0.2, 0) is 13.0 Å². The molecule has 4 heteroatoms. The van der Waals surface area contributed by atoms with E-state index < -0.39 is 0 Å². The second-order valence-corrected chi connectivity index (χ2v) is 4.73. The normalized spacial score (nSPS) is 10.5. The lowest BCUT2D eigenvalue weighted by Crippen LogP contribution is -2.05. The Morgan fingerprint density at radius 1 is 1.41 bits per heavy atom. The molecule has 0 amide bonds. The fourth-order valence-electron chi connectivity index (χ4n) is 1.65. The summed E-state index contributed by atoms with van der Waals surface area (Å²) in [6.45, 7) is 0.828. The summed E-state index contributed by atoms with van der Waals surface area (Å²) in [5.74, 6) is 0.898.